The molecule has 1 aliphatic heterocycles. The molecule has 136 valence electrons. The zero-order chi connectivity index (χ0) is 18.5. The van der Waals surface area contributed by atoms with Crippen molar-refractivity contribution in [3.05, 3.63) is 59.9 Å². The Morgan fingerprint density at radius 2 is 1.85 bits per heavy atom. The number of carbonyl (C=O) groups excluding carboxylic acids is 2. The van der Waals surface area contributed by atoms with Gasteiger partial charge in [-0.2, -0.15) is 0 Å². The minimum absolute atomic E-state index is 0.0624. The average Bonchev–Trinajstić information content (AvgIpc) is 3.04. The minimum Gasteiger partial charge on any atom is -0.494 e. The Kier molecular flexibility index (Phi) is 5.51. The zero-order valence-corrected chi connectivity index (χ0v) is 14.5. The molecule has 26 heavy (non-hydrogen) atoms. The molecular weight excluding hydrogens is 337 g/mol. The van der Waals surface area contributed by atoms with Crippen LogP contribution < -0.4 is 9.64 Å². The average molecular weight is 357 g/mol. The topological polar surface area (TPSA) is 55.8 Å². The molecule has 1 aliphatic rings. The normalized spacial score (nSPS) is 16.6. The van der Waals surface area contributed by atoms with E-state index in [-0.39, 0.29) is 31.3 Å². The molecule has 1 atom stereocenters. The van der Waals surface area contributed by atoms with Crippen molar-refractivity contribution >= 4 is 17.6 Å². The van der Waals surface area contributed by atoms with Crippen LogP contribution in [0.1, 0.15) is 18.9 Å². The van der Waals surface area contributed by atoms with Gasteiger partial charge in [0.05, 0.1) is 12.5 Å². The molecule has 0 spiro atoms. The Balaban J connectivity index is 1.57. The van der Waals surface area contributed by atoms with Gasteiger partial charge in [-0.3, -0.25) is 9.59 Å². The van der Waals surface area contributed by atoms with Crippen LogP contribution in [0.4, 0.5) is 10.1 Å². The predicted molar refractivity (Wildman–Crippen MR) is 94.3 cm³/mol. The molecule has 1 fully saturated rings. The van der Waals surface area contributed by atoms with Gasteiger partial charge in [-0.05, 0) is 48.9 Å². The number of carbonyl (C=O) groups is 2. The van der Waals surface area contributed by atoms with Crippen LogP contribution in [-0.2, 0) is 20.9 Å². The lowest BCUT2D eigenvalue weighted by atomic mass is 10.1. The maximum absolute atomic E-state index is 12.9. The lowest BCUT2D eigenvalue weighted by Crippen LogP contribution is -2.26. The van der Waals surface area contributed by atoms with E-state index in [0.29, 0.717) is 12.2 Å². The van der Waals surface area contributed by atoms with Crippen molar-refractivity contribution in [2.24, 2.45) is 5.92 Å². The van der Waals surface area contributed by atoms with Crippen molar-refractivity contribution in [3.63, 3.8) is 0 Å². The first kappa shape index (κ1) is 17.9. The predicted octanol–water partition coefficient (Wildman–Crippen LogP) is 3.32. The maximum Gasteiger partial charge on any atom is 0.311 e. The van der Waals surface area contributed by atoms with E-state index in [2.05, 4.69) is 0 Å². The van der Waals surface area contributed by atoms with E-state index in [1.807, 2.05) is 6.92 Å². The fraction of sp³-hybridized carbons (Fsp3) is 0.300. The summed E-state index contributed by atoms with van der Waals surface area (Å²) in [7, 11) is 0. The van der Waals surface area contributed by atoms with Crippen molar-refractivity contribution in [1.82, 2.24) is 0 Å². The van der Waals surface area contributed by atoms with E-state index >= 15 is 0 Å². The Morgan fingerprint density at radius 1 is 1.15 bits per heavy atom. The number of rotatable bonds is 6. The lowest BCUT2D eigenvalue weighted by Gasteiger charge is -2.17. The molecule has 0 saturated carbocycles. The van der Waals surface area contributed by atoms with Crippen molar-refractivity contribution < 1.29 is 23.5 Å². The number of hydrogen-bond acceptors (Lipinski definition) is 4. The molecule has 3 rings (SSSR count). The van der Waals surface area contributed by atoms with Gasteiger partial charge in [0.2, 0.25) is 5.91 Å². The van der Waals surface area contributed by atoms with Gasteiger partial charge < -0.3 is 14.4 Å². The van der Waals surface area contributed by atoms with Gasteiger partial charge in [0, 0.05) is 18.7 Å². The second-order valence-corrected chi connectivity index (χ2v) is 6.07. The highest BCUT2D eigenvalue weighted by Crippen LogP contribution is 2.27. The first-order valence-electron chi connectivity index (χ1n) is 8.51. The van der Waals surface area contributed by atoms with Gasteiger partial charge in [-0.15, -0.1) is 0 Å². The van der Waals surface area contributed by atoms with Crippen molar-refractivity contribution in [3.8, 4) is 5.75 Å². The number of amides is 1. The molecular formula is C20H20FNO4. The van der Waals surface area contributed by atoms with Crippen LogP contribution in [0, 0.1) is 11.7 Å². The lowest BCUT2D eigenvalue weighted by molar-refractivity contribution is -0.149. The van der Waals surface area contributed by atoms with E-state index in [9.17, 15) is 14.0 Å². The molecule has 0 radical (unpaired) electrons. The third kappa shape index (κ3) is 4.20. The number of benzene rings is 2. The summed E-state index contributed by atoms with van der Waals surface area (Å²) < 4.78 is 23.6. The highest BCUT2D eigenvalue weighted by Gasteiger charge is 2.36. The fourth-order valence-electron chi connectivity index (χ4n) is 2.86. The minimum atomic E-state index is -0.505. The molecule has 0 N–H and O–H groups in total. The van der Waals surface area contributed by atoms with Crippen molar-refractivity contribution in [2.45, 2.75) is 20.0 Å². The van der Waals surface area contributed by atoms with Crippen molar-refractivity contribution in [2.75, 3.05) is 18.1 Å². The number of esters is 1. The molecule has 0 bridgehead atoms. The molecule has 6 heteroatoms. The second-order valence-electron chi connectivity index (χ2n) is 6.07. The van der Waals surface area contributed by atoms with Crippen LogP contribution in [0.25, 0.3) is 0 Å². The van der Waals surface area contributed by atoms with Gasteiger partial charge in [-0.25, -0.2) is 4.39 Å². The Bertz CT molecular complexity index is 773. The monoisotopic (exact) mass is 357 g/mol. The first-order valence-corrected chi connectivity index (χ1v) is 8.51. The van der Waals surface area contributed by atoms with Gasteiger partial charge >= 0.3 is 5.97 Å². The standard InChI is InChI=1S/C20H20FNO4/c1-2-25-18-9-7-17(8-10-18)22-12-15(11-19(22)23)20(24)26-13-14-3-5-16(21)6-4-14/h3-10,15H,2,11-13H2,1H3/t15-/m1/s1. The largest absolute Gasteiger partial charge is 0.494 e. The summed E-state index contributed by atoms with van der Waals surface area (Å²) in [5.41, 5.74) is 1.43. The summed E-state index contributed by atoms with van der Waals surface area (Å²) in [6.07, 6.45) is 0.120. The summed E-state index contributed by atoms with van der Waals surface area (Å²) in [4.78, 5) is 26.1. The van der Waals surface area contributed by atoms with Gasteiger partial charge in [-0.1, -0.05) is 12.1 Å². The van der Waals surface area contributed by atoms with E-state index < -0.39 is 11.9 Å². The van der Waals surface area contributed by atoms with Crippen LogP contribution in [0.5, 0.6) is 5.75 Å². The van der Waals surface area contributed by atoms with E-state index in [4.69, 9.17) is 9.47 Å². The Morgan fingerprint density at radius 3 is 2.50 bits per heavy atom. The van der Waals surface area contributed by atoms with Crippen LogP contribution >= 0.6 is 0 Å². The Hall–Kier alpha value is -2.89. The highest BCUT2D eigenvalue weighted by molar-refractivity contribution is 5.99. The first-order chi connectivity index (χ1) is 12.6. The van der Waals surface area contributed by atoms with E-state index in [1.165, 1.54) is 12.1 Å². The third-order valence-electron chi connectivity index (χ3n) is 4.21. The molecule has 5 nitrogen and oxygen atoms in total. The SMILES string of the molecule is CCOc1ccc(N2C[C@H](C(=O)OCc3ccc(F)cc3)CC2=O)cc1. The van der Waals surface area contributed by atoms with E-state index in [1.54, 1.807) is 41.3 Å². The summed E-state index contributed by atoms with van der Waals surface area (Å²) in [6.45, 7) is 2.83. The molecule has 0 aliphatic carbocycles. The Labute approximate surface area is 151 Å². The molecule has 1 heterocycles. The molecule has 0 unspecified atom stereocenters. The summed E-state index contributed by atoms with van der Waals surface area (Å²) >= 11 is 0. The van der Waals surface area contributed by atoms with Gasteiger partial charge in [0.1, 0.15) is 18.2 Å². The maximum atomic E-state index is 12.9. The van der Waals surface area contributed by atoms with Gasteiger partial charge in [0.15, 0.2) is 0 Å². The zero-order valence-electron chi connectivity index (χ0n) is 14.5. The number of ether oxygens (including phenoxy) is 2. The number of hydrogen-bond donors (Lipinski definition) is 0. The van der Waals surface area contributed by atoms with Crippen LogP contribution in [0.15, 0.2) is 48.5 Å². The van der Waals surface area contributed by atoms with Crippen LogP contribution in [-0.4, -0.2) is 25.0 Å². The number of nitrogens with zero attached hydrogens (tertiary/aromatic N) is 1. The number of halogens is 1. The number of anilines is 1. The van der Waals surface area contributed by atoms with Crippen LogP contribution in [0.3, 0.4) is 0 Å². The van der Waals surface area contributed by atoms with E-state index in [0.717, 1.165) is 11.4 Å². The fourth-order valence-corrected chi connectivity index (χ4v) is 2.86. The quantitative estimate of drug-likeness (QED) is 0.744. The van der Waals surface area contributed by atoms with Gasteiger partial charge in [0.25, 0.3) is 0 Å². The molecule has 1 amide bonds. The van der Waals surface area contributed by atoms with Crippen LogP contribution in [0.2, 0.25) is 0 Å². The smallest absolute Gasteiger partial charge is 0.311 e. The summed E-state index contributed by atoms with van der Waals surface area (Å²) in [5, 5.41) is 0. The third-order valence-corrected chi connectivity index (χ3v) is 4.21. The molecule has 1 saturated heterocycles. The summed E-state index contributed by atoms with van der Waals surface area (Å²) in [5.74, 6) is -0.644. The highest BCUT2D eigenvalue weighted by atomic mass is 19.1. The molecule has 2 aromatic carbocycles. The van der Waals surface area contributed by atoms with Crippen molar-refractivity contribution in [1.29, 1.82) is 0 Å². The second kappa shape index (κ2) is 7.99. The molecule has 2 aromatic rings. The molecule has 0 aromatic heterocycles. The summed E-state index contributed by atoms with van der Waals surface area (Å²) in [6, 6.07) is 13.0.